The van der Waals surface area contributed by atoms with E-state index in [9.17, 15) is 13.2 Å². The Labute approximate surface area is 73.3 Å². The first-order valence-electron chi connectivity index (χ1n) is 3.58. The molecule has 4 heteroatoms. The third-order valence-electron chi connectivity index (χ3n) is 1.41. The maximum Gasteiger partial charge on any atom is 0.389 e. The summed E-state index contributed by atoms with van der Waals surface area (Å²) in [5, 5.41) is 0.787. The molecule has 68 valence electrons. The third-order valence-corrected chi connectivity index (χ3v) is 1.97. The van der Waals surface area contributed by atoms with Gasteiger partial charge in [0.05, 0.1) is 0 Å². The fourth-order valence-electron chi connectivity index (χ4n) is 0.923. The van der Waals surface area contributed by atoms with Gasteiger partial charge < -0.3 is 0 Å². The zero-order valence-corrected chi connectivity index (χ0v) is 8.00. The van der Waals surface area contributed by atoms with E-state index in [-0.39, 0.29) is 5.92 Å². The molecule has 0 aliphatic rings. The quantitative estimate of drug-likeness (QED) is 0.648. The van der Waals surface area contributed by atoms with Crippen LogP contribution in [0, 0.1) is 5.92 Å². The lowest BCUT2D eigenvalue weighted by Gasteiger charge is -2.12. The van der Waals surface area contributed by atoms with Crippen molar-refractivity contribution >= 4 is 15.9 Å². The topological polar surface area (TPSA) is 0 Å². The van der Waals surface area contributed by atoms with Crippen LogP contribution in [-0.2, 0) is 0 Å². The SMILES string of the molecule is CC(CCCBr)CC(F)(F)F. The number of hydrogen-bond acceptors (Lipinski definition) is 0. The normalized spacial score (nSPS) is 15.0. The highest BCUT2D eigenvalue weighted by molar-refractivity contribution is 9.09. The Morgan fingerprint density at radius 1 is 1.36 bits per heavy atom. The van der Waals surface area contributed by atoms with E-state index in [1.54, 1.807) is 6.92 Å². The molecule has 0 nitrogen and oxygen atoms in total. The molecular weight excluding hydrogens is 221 g/mol. The summed E-state index contributed by atoms with van der Waals surface area (Å²) in [6, 6.07) is 0. The van der Waals surface area contributed by atoms with Gasteiger partial charge in [-0.15, -0.1) is 0 Å². The number of halogens is 4. The predicted octanol–water partition coefficient (Wildman–Crippen LogP) is 3.75. The Morgan fingerprint density at radius 3 is 2.27 bits per heavy atom. The van der Waals surface area contributed by atoms with Gasteiger partial charge in [-0.2, -0.15) is 13.2 Å². The summed E-state index contributed by atoms with van der Waals surface area (Å²) in [6.07, 6.45) is -3.19. The zero-order chi connectivity index (χ0) is 8.91. The Kier molecular flexibility index (Phi) is 5.13. The number of rotatable bonds is 4. The first-order chi connectivity index (χ1) is 4.95. The standard InChI is InChI=1S/C7H12BrF3/c1-6(3-2-4-8)5-7(9,10)11/h6H,2-5H2,1H3. The maximum absolute atomic E-state index is 11.7. The largest absolute Gasteiger partial charge is 0.389 e. The Bertz CT molecular complexity index is 100. The lowest BCUT2D eigenvalue weighted by atomic mass is 10.0. The molecule has 0 fully saturated rings. The maximum atomic E-state index is 11.7. The molecule has 0 heterocycles. The minimum Gasteiger partial charge on any atom is -0.171 e. The molecule has 0 amide bonds. The monoisotopic (exact) mass is 232 g/mol. The van der Waals surface area contributed by atoms with Crippen LogP contribution in [0.5, 0.6) is 0 Å². The van der Waals surface area contributed by atoms with Gasteiger partial charge in [0.25, 0.3) is 0 Å². The van der Waals surface area contributed by atoms with Crippen molar-refractivity contribution < 1.29 is 13.2 Å². The minimum absolute atomic E-state index is 0.243. The molecule has 1 atom stereocenters. The predicted molar refractivity (Wildman–Crippen MR) is 42.9 cm³/mol. The van der Waals surface area contributed by atoms with E-state index in [0.29, 0.717) is 6.42 Å². The Balaban J connectivity index is 3.44. The lowest BCUT2D eigenvalue weighted by molar-refractivity contribution is -0.143. The highest BCUT2D eigenvalue weighted by Gasteiger charge is 2.29. The molecule has 0 aromatic heterocycles. The summed E-state index contributed by atoms with van der Waals surface area (Å²) in [4.78, 5) is 0. The summed E-state index contributed by atoms with van der Waals surface area (Å²) in [7, 11) is 0. The van der Waals surface area contributed by atoms with Crippen molar-refractivity contribution in [3.05, 3.63) is 0 Å². The molecule has 0 N–H and O–H groups in total. The second-order valence-corrected chi connectivity index (χ2v) is 3.55. The first kappa shape index (κ1) is 11.3. The summed E-state index contributed by atoms with van der Waals surface area (Å²) in [6.45, 7) is 1.64. The van der Waals surface area contributed by atoms with E-state index in [2.05, 4.69) is 15.9 Å². The van der Waals surface area contributed by atoms with Crippen molar-refractivity contribution in [3.63, 3.8) is 0 Å². The molecule has 0 aliphatic carbocycles. The molecule has 0 aromatic rings. The average molecular weight is 233 g/mol. The molecule has 0 saturated heterocycles. The summed E-state index contributed by atoms with van der Waals surface area (Å²) >= 11 is 3.18. The molecule has 0 rings (SSSR count). The van der Waals surface area contributed by atoms with Crippen molar-refractivity contribution in [1.29, 1.82) is 0 Å². The highest BCUT2D eigenvalue weighted by Crippen LogP contribution is 2.26. The highest BCUT2D eigenvalue weighted by atomic mass is 79.9. The van der Waals surface area contributed by atoms with E-state index in [0.717, 1.165) is 11.8 Å². The van der Waals surface area contributed by atoms with E-state index in [1.807, 2.05) is 0 Å². The summed E-state index contributed by atoms with van der Waals surface area (Å²) in [5.41, 5.74) is 0. The van der Waals surface area contributed by atoms with Crippen LogP contribution in [0.2, 0.25) is 0 Å². The van der Waals surface area contributed by atoms with Crippen LogP contribution in [0.15, 0.2) is 0 Å². The molecular formula is C7H12BrF3. The van der Waals surface area contributed by atoms with E-state index in [4.69, 9.17) is 0 Å². The van der Waals surface area contributed by atoms with Gasteiger partial charge in [-0.25, -0.2) is 0 Å². The molecule has 0 saturated carbocycles. The lowest BCUT2D eigenvalue weighted by Crippen LogP contribution is -2.12. The molecule has 0 spiro atoms. The van der Waals surface area contributed by atoms with Gasteiger partial charge in [-0.05, 0) is 18.8 Å². The smallest absolute Gasteiger partial charge is 0.171 e. The van der Waals surface area contributed by atoms with Crippen molar-refractivity contribution in [2.75, 3.05) is 5.33 Å². The van der Waals surface area contributed by atoms with Gasteiger partial charge in [-0.1, -0.05) is 22.9 Å². The van der Waals surface area contributed by atoms with Crippen LogP contribution in [-0.4, -0.2) is 11.5 Å². The van der Waals surface area contributed by atoms with Crippen LogP contribution in [0.25, 0.3) is 0 Å². The van der Waals surface area contributed by atoms with Crippen LogP contribution < -0.4 is 0 Å². The van der Waals surface area contributed by atoms with Gasteiger partial charge in [0.15, 0.2) is 0 Å². The number of hydrogen-bond donors (Lipinski definition) is 0. The molecule has 0 aliphatic heterocycles. The molecule has 1 unspecified atom stereocenters. The van der Waals surface area contributed by atoms with Gasteiger partial charge in [0.1, 0.15) is 0 Å². The minimum atomic E-state index is -3.99. The molecule has 0 radical (unpaired) electrons. The molecule has 0 aromatic carbocycles. The van der Waals surface area contributed by atoms with E-state index in [1.165, 1.54) is 0 Å². The van der Waals surface area contributed by atoms with Crippen molar-refractivity contribution in [2.45, 2.75) is 32.4 Å². The van der Waals surface area contributed by atoms with Crippen molar-refractivity contribution in [2.24, 2.45) is 5.92 Å². The second kappa shape index (κ2) is 5.01. The Morgan fingerprint density at radius 2 is 1.91 bits per heavy atom. The van der Waals surface area contributed by atoms with Crippen molar-refractivity contribution in [1.82, 2.24) is 0 Å². The second-order valence-electron chi connectivity index (χ2n) is 2.76. The van der Waals surface area contributed by atoms with Crippen molar-refractivity contribution in [3.8, 4) is 0 Å². The first-order valence-corrected chi connectivity index (χ1v) is 4.70. The van der Waals surface area contributed by atoms with Gasteiger partial charge in [0, 0.05) is 11.8 Å². The van der Waals surface area contributed by atoms with Gasteiger partial charge >= 0.3 is 6.18 Å². The van der Waals surface area contributed by atoms with Crippen LogP contribution in [0.3, 0.4) is 0 Å². The van der Waals surface area contributed by atoms with Gasteiger partial charge in [-0.3, -0.25) is 0 Å². The molecule has 11 heavy (non-hydrogen) atoms. The van der Waals surface area contributed by atoms with Crippen LogP contribution in [0.1, 0.15) is 26.2 Å². The zero-order valence-electron chi connectivity index (χ0n) is 6.42. The summed E-state index contributed by atoms with van der Waals surface area (Å²) < 4.78 is 35.2. The Hall–Kier alpha value is 0.270. The summed E-state index contributed by atoms with van der Waals surface area (Å²) in [5.74, 6) is -0.243. The number of alkyl halides is 4. The van der Waals surface area contributed by atoms with E-state index < -0.39 is 12.6 Å². The van der Waals surface area contributed by atoms with Crippen LogP contribution >= 0.6 is 15.9 Å². The molecule has 0 bridgehead atoms. The van der Waals surface area contributed by atoms with E-state index >= 15 is 0 Å². The van der Waals surface area contributed by atoms with Crippen LogP contribution in [0.4, 0.5) is 13.2 Å². The van der Waals surface area contributed by atoms with Gasteiger partial charge in [0.2, 0.25) is 0 Å². The fraction of sp³-hybridized carbons (Fsp3) is 1.00. The third kappa shape index (κ3) is 8.17. The fourth-order valence-corrected chi connectivity index (χ4v) is 1.25. The average Bonchev–Trinajstić information content (AvgIpc) is 1.79.